The van der Waals surface area contributed by atoms with Gasteiger partial charge >= 0.3 is 0 Å². The van der Waals surface area contributed by atoms with Crippen LogP contribution in [0, 0.1) is 0 Å². The number of hydroxylamine groups is 2. The minimum absolute atomic E-state index is 0.264. The second kappa shape index (κ2) is 18.6. The second-order valence-electron chi connectivity index (χ2n) is 7.27. The number of carbonyl (C=O) groups is 2. The molecule has 0 fully saturated rings. The summed E-state index contributed by atoms with van der Waals surface area (Å²) < 4.78 is 5.91. The molecule has 1 atom stereocenters. The van der Waals surface area contributed by atoms with Crippen molar-refractivity contribution < 1.29 is 19.2 Å². The van der Waals surface area contributed by atoms with Crippen LogP contribution >= 0.6 is 0 Å². The molecule has 0 saturated heterocycles. The number of hydrogen-bond acceptors (Lipinski definition) is 4. The molecule has 0 aliphatic carbocycles. The Morgan fingerprint density at radius 3 is 2.35 bits per heavy atom. The van der Waals surface area contributed by atoms with Gasteiger partial charge < -0.3 is 10.1 Å². The fourth-order valence-corrected chi connectivity index (χ4v) is 3.37. The van der Waals surface area contributed by atoms with Crippen LogP contribution in [-0.2, 0) is 14.4 Å². The van der Waals surface area contributed by atoms with Crippen LogP contribution in [0.2, 0.25) is 0 Å². The average Bonchev–Trinajstić information content (AvgIpc) is 2.88. The number of likely N-dealkylation sites (N-methyl/N-ethyl adjacent to an activating group) is 1. The van der Waals surface area contributed by atoms with E-state index >= 15 is 0 Å². The van der Waals surface area contributed by atoms with E-state index in [1.165, 1.54) is 7.11 Å². The van der Waals surface area contributed by atoms with E-state index in [4.69, 9.17) is 9.57 Å². The number of rotatable bonds is 3. The molecule has 0 bridgehead atoms. The van der Waals surface area contributed by atoms with Gasteiger partial charge in [-0.05, 0) is 49.1 Å². The van der Waals surface area contributed by atoms with Gasteiger partial charge in [0.25, 0.3) is 11.8 Å². The summed E-state index contributed by atoms with van der Waals surface area (Å²) >= 11 is 0. The third-order valence-corrected chi connectivity index (χ3v) is 5.08. The highest BCUT2D eigenvalue weighted by molar-refractivity contribution is 6.01. The van der Waals surface area contributed by atoms with Crippen LogP contribution in [0.15, 0.2) is 54.8 Å². The minimum Gasteiger partial charge on any atom is -0.494 e. The summed E-state index contributed by atoms with van der Waals surface area (Å²) in [5.41, 5.74) is 2.19. The molecule has 1 aromatic rings. The van der Waals surface area contributed by atoms with Gasteiger partial charge in [-0.25, -0.2) is 5.06 Å². The lowest BCUT2D eigenvalue weighted by Crippen LogP contribution is -2.47. The van der Waals surface area contributed by atoms with Gasteiger partial charge in [-0.3, -0.25) is 14.4 Å². The van der Waals surface area contributed by atoms with Gasteiger partial charge in [-0.15, -0.1) is 0 Å². The van der Waals surface area contributed by atoms with Crippen molar-refractivity contribution in [1.82, 2.24) is 10.4 Å². The zero-order valence-electron chi connectivity index (χ0n) is 22.1. The van der Waals surface area contributed by atoms with E-state index in [1.807, 2.05) is 65.0 Å². The van der Waals surface area contributed by atoms with Crippen molar-refractivity contribution in [3.63, 3.8) is 0 Å². The number of carbonyl (C=O) groups excluding carboxylic acids is 2. The normalized spacial score (nSPS) is 19.5. The lowest BCUT2D eigenvalue weighted by Gasteiger charge is -2.23. The molecule has 6 nitrogen and oxygen atoms in total. The standard InChI is InChI=1S/C24H32N2O4.2C2H6/c1-5-12-19-17-18(2)20-13-9-10-14-21(20)23(27)25-22(24(28)26(3)29-4)15-8-6-7-11-16-30-19;2*1-2/h5,9-10,12-14,17,22H,1,6-8,11,15-16H2,2-4H3,(H,25,27);2*1-2H3/b18-17+,19-12+;;. The lowest BCUT2D eigenvalue weighted by molar-refractivity contribution is -0.171. The van der Waals surface area contributed by atoms with Crippen LogP contribution < -0.4 is 5.32 Å². The summed E-state index contributed by atoms with van der Waals surface area (Å²) in [6, 6.07) is 6.71. The molecular weight excluding hydrogens is 428 g/mol. The van der Waals surface area contributed by atoms with Crippen molar-refractivity contribution in [3.8, 4) is 0 Å². The summed E-state index contributed by atoms with van der Waals surface area (Å²) in [6.45, 7) is 14.3. The van der Waals surface area contributed by atoms with Gasteiger partial charge in [-0.2, -0.15) is 0 Å². The van der Waals surface area contributed by atoms with Gasteiger partial charge in [0.2, 0.25) is 0 Å². The maximum atomic E-state index is 13.1. The van der Waals surface area contributed by atoms with E-state index in [2.05, 4.69) is 11.9 Å². The number of nitrogens with zero attached hydrogens (tertiary/aromatic N) is 1. The van der Waals surface area contributed by atoms with Crippen molar-refractivity contribution in [2.75, 3.05) is 20.8 Å². The smallest absolute Gasteiger partial charge is 0.268 e. The minimum atomic E-state index is -0.641. The second-order valence-corrected chi connectivity index (χ2v) is 7.27. The average molecular weight is 473 g/mol. The monoisotopic (exact) mass is 472 g/mol. The highest BCUT2D eigenvalue weighted by Gasteiger charge is 2.25. The zero-order valence-corrected chi connectivity index (χ0v) is 22.1. The van der Waals surface area contributed by atoms with E-state index in [9.17, 15) is 9.59 Å². The first-order valence-electron chi connectivity index (χ1n) is 12.3. The SMILES string of the molecule is C=C/C=C1\C=C(/C)c2ccccc2C(=O)NC(C(=O)N(C)OC)CCCCCCO1.CC.CC. The Balaban J connectivity index is 0.00000258. The molecule has 1 heterocycles. The summed E-state index contributed by atoms with van der Waals surface area (Å²) in [6.07, 6.45) is 9.65. The highest BCUT2D eigenvalue weighted by Crippen LogP contribution is 2.22. The first-order chi connectivity index (χ1) is 16.5. The molecule has 1 aliphatic rings. The van der Waals surface area contributed by atoms with Crippen LogP contribution in [0.5, 0.6) is 0 Å². The first kappa shape index (κ1) is 31.1. The number of nitrogens with one attached hydrogen (secondary N) is 1. The van der Waals surface area contributed by atoms with Crippen LogP contribution in [0.3, 0.4) is 0 Å². The molecule has 1 N–H and O–H groups in total. The molecule has 0 radical (unpaired) electrons. The Morgan fingerprint density at radius 1 is 1.12 bits per heavy atom. The van der Waals surface area contributed by atoms with Gasteiger partial charge in [0.05, 0.1) is 13.7 Å². The third-order valence-electron chi connectivity index (χ3n) is 5.08. The molecule has 2 rings (SSSR count). The highest BCUT2D eigenvalue weighted by atomic mass is 16.7. The summed E-state index contributed by atoms with van der Waals surface area (Å²) in [5, 5.41) is 4.08. The maximum absolute atomic E-state index is 13.1. The van der Waals surface area contributed by atoms with Crippen molar-refractivity contribution in [1.29, 1.82) is 0 Å². The maximum Gasteiger partial charge on any atom is 0.268 e. The Labute approximate surface area is 206 Å². The van der Waals surface area contributed by atoms with Gasteiger partial charge in [0.15, 0.2) is 0 Å². The fourth-order valence-electron chi connectivity index (χ4n) is 3.37. The van der Waals surface area contributed by atoms with Crippen LogP contribution in [0.4, 0.5) is 0 Å². The molecule has 1 aliphatic heterocycles. The Bertz CT molecular complexity index is 814. The predicted octanol–water partition coefficient (Wildman–Crippen LogP) is 6.31. The quantitative estimate of drug-likeness (QED) is 0.523. The fraction of sp³-hybridized carbons (Fsp3) is 0.500. The number of amides is 2. The Hall–Kier alpha value is -2.86. The third kappa shape index (κ3) is 10.4. The van der Waals surface area contributed by atoms with Gasteiger partial charge in [0.1, 0.15) is 11.8 Å². The number of ether oxygens (including phenoxy) is 1. The summed E-state index contributed by atoms with van der Waals surface area (Å²) in [4.78, 5) is 30.8. The largest absolute Gasteiger partial charge is 0.494 e. The van der Waals surface area contributed by atoms with Gasteiger partial charge in [0, 0.05) is 12.6 Å². The molecule has 0 spiro atoms. The molecule has 1 aromatic carbocycles. The molecule has 0 saturated carbocycles. The molecule has 1 unspecified atom stereocenters. The number of hydrogen-bond donors (Lipinski definition) is 1. The number of allylic oxidation sites excluding steroid dienone is 4. The van der Waals surface area contributed by atoms with Crippen molar-refractivity contribution in [3.05, 3.63) is 66.0 Å². The van der Waals surface area contributed by atoms with E-state index in [0.29, 0.717) is 24.4 Å². The molecule has 190 valence electrons. The Kier molecular flexibility index (Phi) is 17.0. The number of fused-ring (bicyclic) bond motifs is 1. The molecule has 2 amide bonds. The van der Waals surface area contributed by atoms with Crippen molar-refractivity contribution in [2.45, 2.75) is 72.8 Å². The van der Waals surface area contributed by atoms with E-state index in [1.54, 1.807) is 19.2 Å². The number of benzene rings is 1. The van der Waals surface area contributed by atoms with Crippen molar-refractivity contribution >= 4 is 17.4 Å². The zero-order chi connectivity index (χ0) is 25.9. The van der Waals surface area contributed by atoms with E-state index in [-0.39, 0.29) is 11.8 Å². The molecule has 0 aromatic heterocycles. The van der Waals surface area contributed by atoms with Crippen molar-refractivity contribution in [2.24, 2.45) is 0 Å². The van der Waals surface area contributed by atoms with E-state index in [0.717, 1.165) is 41.9 Å². The Morgan fingerprint density at radius 2 is 1.74 bits per heavy atom. The summed E-state index contributed by atoms with van der Waals surface area (Å²) in [5.74, 6) is 0.160. The molecular formula is C28H44N2O4. The van der Waals surface area contributed by atoms with Crippen LogP contribution in [0.1, 0.15) is 82.6 Å². The summed E-state index contributed by atoms with van der Waals surface area (Å²) in [7, 11) is 2.99. The molecule has 6 heteroatoms. The first-order valence-corrected chi connectivity index (χ1v) is 12.3. The predicted molar refractivity (Wildman–Crippen MR) is 141 cm³/mol. The van der Waals surface area contributed by atoms with Gasteiger partial charge in [-0.1, -0.05) is 77.8 Å². The lowest BCUT2D eigenvalue weighted by atomic mass is 9.98. The molecule has 34 heavy (non-hydrogen) atoms. The topological polar surface area (TPSA) is 67.9 Å². The van der Waals surface area contributed by atoms with Crippen LogP contribution in [0.25, 0.3) is 5.57 Å². The van der Waals surface area contributed by atoms with Crippen LogP contribution in [-0.4, -0.2) is 43.7 Å². The van der Waals surface area contributed by atoms with E-state index < -0.39 is 6.04 Å².